The predicted molar refractivity (Wildman–Crippen MR) is 74.2 cm³/mol. The van der Waals surface area contributed by atoms with Gasteiger partial charge in [0.2, 0.25) is 11.8 Å². The molecule has 0 atom stereocenters. The number of methoxy groups -OCH3 is 1. The Bertz CT molecular complexity index is 461. The van der Waals surface area contributed by atoms with E-state index in [1.165, 1.54) is 7.11 Å². The molecule has 0 bridgehead atoms. The lowest BCUT2D eigenvalue weighted by atomic mass is 10.1. The highest BCUT2D eigenvalue weighted by Crippen LogP contribution is 2.21. The van der Waals surface area contributed by atoms with Crippen LogP contribution in [0.4, 0.5) is 5.69 Å². The van der Waals surface area contributed by atoms with E-state index in [-0.39, 0.29) is 25.0 Å². The standard InChI is InChI=1S/C14H20N2O3/c1-9-5-10(2)14(11(3)6-9)16-12(17)7-15-13(18)8-19-4/h5-6H,7-8H2,1-4H3,(H,15,18)(H,16,17). The average Bonchev–Trinajstić information content (AvgIpc) is 2.31. The number of benzene rings is 1. The Balaban J connectivity index is 2.60. The van der Waals surface area contributed by atoms with Crippen molar-refractivity contribution in [3.05, 3.63) is 28.8 Å². The second-order valence-electron chi connectivity index (χ2n) is 4.53. The van der Waals surface area contributed by atoms with E-state index in [4.69, 9.17) is 0 Å². The number of anilines is 1. The third kappa shape index (κ3) is 4.71. The second kappa shape index (κ2) is 6.89. The van der Waals surface area contributed by atoms with E-state index in [2.05, 4.69) is 15.4 Å². The third-order valence-electron chi connectivity index (χ3n) is 2.66. The minimum absolute atomic E-state index is 0.0458. The Kier molecular flexibility index (Phi) is 5.51. The number of carbonyl (C=O) groups excluding carboxylic acids is 2. The zero-order valence-corrected chi connectivity index (χ0v) is 11.8. The zero-order chi connectivity index (χ0) is 14.4. The first-order chi connectivity index (χ1) is 8.93. The molecule has 19 heavy (non-hydrogen) atoms. The maximum atomic E-state index is 11.7. The summed E-state index contributed by atoms with van der Waals surface area (Å²) in [6.07, 6.45) is 0. The monoisotopic (exact) mass is 264 g/mol. The van der Waals surface area contributed by atoms with Gasteiger partial charge < -0.3 is 15.4 Å². The van der Waals surface area contributed by atoms with E-state index in [1.54, 1.807) is 0 Å². The molecule has 0 saturated heterocycles. The van der Waals surface area contributed by atoms with Gasteiger partial charge in [-0.15, -0.1) is 0 Å². The van der Waals surface area contributed by atoms with Gasteiger partial charge in [-0.1, -0.05) is 17.7 Å². The minimum atomic E-state index is -0.310. The van der Waals surface area contributed by atoms with Crippen molar-refractivity contribution < 1.29 is 14.3 Å². The summed E-state index contributed by atoms with van der Waals surface area (Å²) < 4.78 is 4.66. The number of amides is 2. The summed E-state index contributed by atoms with van der Waals surface area (Å²) in [4.78, 5) is 22.9. The molecule has 2 N–H and O–H groups in total. The summed E-state index contributed by atoms with van der Waals surface area (Å²) in [6.45, 7) is 5.79. The molecule has 5 heteroatoms. The van der Waals surface area contributed by atoms with E-state index >= 15 is 0 Å². The highest BCUT2D eigenvalue weighted by Gasteiger charge is 2.09. The molecule has 0 aromatic heterocycles. The van der Waals surface area contributed by atoms with Crippen molar-refractivity contribution in [1.82, 2.24) is 5.32 Å². The lowest BCUT2D eigenvalue weighted by molar-refractivity contribution is -0.127. The molecular weight excluding hydrogens is 244 g/mol. The Morgan fingerprint density at radius 2 is 1.68 bits per heavy atom. The van der Waals surface area contributed by atoms with Gasteiger partial charge in [0.15, 0.2) is 0 Å². The van der Waals surface area contributed by atoms with Crippen LogP contribution < -0.4 is 10.6 Å². The lowest BCUT2D eigenvalue weighted by Gasteiger charge is -2.13. The normalized spacial score (nSPS) is 10.1. The molecule has 0 radical (unpaired) electrons. The average molecular weight is 264 g/mol. The van der Waals surface area contributed by atoms with Crippen molar-refractivity contribution in [1.29, 1.82) is 0 Å². The number of aryl methyl sites for hydroxylation is 3. The number of carbonyl (C=O) groups is 2. The van der Waals surface area contributed by atoms with Gasteiger partial charge in [0.25, 0.3) is 0 Å². The van der Waals surface area contributed by atoms with Crippen LogP contribution in [0.5, 0.6) is 0 Å². The summed E-state index contributed by atoms with van der Waals surface area (Å²) >= 11 is 0. The van der Waals surface area contributed by atoms with Crippen molar-refractivity contribution in [3.8, 4) is 0 Å². The number of hydrogen-bond donors (Lipinski definition) is 2. The lowest BCUT2D eigenvalue weighted by Crippen LogP contribution is -2.35. The fraction of sp³-hybridized carbons (Fsp3) is 0.429. The first kappa shape index (κ1) is 15.2. The number of ether oxygens (including phenoxy) is 1. The van der Waals surface area contributed by atoms with Crippen molar-refractivity contribution >= 4 is 17.5 Å². The van der Waals surface area contributed by atoms with E-state index in [9.17, 15) is 9.59 Å². The van der Waals surface area contributed by atoms with Crippen LogP contribution in [-0.4, -0.2) is 32.1 Å². The highest BCUT2D eigenvalue weighted by atomic mass is 16.5. The molecular formula is C14H20N2O3. The van der Waals surface area contributed by atoms with E-state index in [0.29, 0.717) is 0 Å². The molecule has 1 aromatic rings. The molecule has 0 aliphatic rings. The van der Waals surface area contributed by atoms with Gasteiger partial charge in [-0.25, -0.2) is 0 Å². The van der Waals surface area contributed by atoms with Gasteiger partial charge in [0.05, 0.1) is 6.54 Å². The fourth-order valence-electron chi connectivity index (χ4n) is 1.92. The first-order valence-electron chi connectivity index (χ1n) is 6.07. The maximum absolute atomic E-state index is 11.7. The number of rotatable bonds is 5. The molecule has 0 spiro atoms. The molecule has 0 aliphatic carbocycles. The van der Waals surface area contributed by atoms with Crippen molar-refractivity contribution in [2.45, 2.75) is 20.8 Å². The van der Waals surface area contributed by atoms with Gasteiger partial charge in [-0.2, -0.15) is 0 Å². The Hall–Kier alpha value is -1.88. The summed E-state index contributed by atoms with van der Waals surface area (Å²) in [5, 5.41) is 5.29. The molecule has 0 fully saturated rings. The van der Waals surface area contributed by atoms with Crippen LogP contribution in [0.25, 0.3) is 0 Å². The van der Waals surface area contributed by atoms with Crippen LogP contribution in [-0.2, 0) is 14.3 Å². The second-order valence-corrected chi connectivity index (χ2v) is 4.53. The minimum Gasteiger partial charge on any atom is -0.375 e. The van der Waals surface area contributed by atoms with Crippen LogP contribution in [0, 0.1) is 20.8 Å². The summed E-state index contributed by atoms with van der Waals surface area (Å²) in [5.74, 6) is -0.561. The van der Waals surface area contributed by atoms with Gasteiger partial charge in [-0.3, -0.25) is 9.59 Å². The van der Waals surface area contributed by atoms with Gasteiger partial charge in [0, 0.05) is 12.8 Å². The summed E-state index contributed by atoms with van der Waals surface area (Å²) in [7, 11) is 1.43. The molecule has 0 heterocycles. The van der Waals surface area contributed by atoms with Crippen LogP contribution in [0.15, 0.2) is 12.1 Å². The molecule has 104 valence electrons. The number of hydrogen-bond acceptors (Lipinski definition) is 3. The van der Waals surface area contributed by atoms with Crippen molar-refractivity contribution in [2.24, 2.45) is 0 Å². The Labute approximate surface area is 113 Å². The van der Waals surface area contributed by atoms with Crippen LogP contribution in [0.2, 0.25) is 0 Å². The molecule has 1 rings (SSSR count). The van der Waals surface area contributed by atoms with Crippen LogP contribution >= 0.6 is 0 Å². The molecule has 0 unspecified atom stereocenters. The summed E-state index contributed by atoms with van der Waals surface area (Å²) in [5.41, 5.74) is 3.97. The van der Waals surface area contributed by atoms with Crippen LogP contribution in [0.3, 0.4) is 0 Å². The molecule has 1 aromatic carbocycles. The van der Waals surface area contributed by atoms with Crippen molar-refractivity contribution in [2.75, 3.05) is 25.6 Å². The largest absolute Gasteiger partial charge is 0.375 e. The van der Waals surface area contributed by atoms with Crippen molar-refractivity contribution in [3.63, 3.8) is 0 Å². The molecule has 2 amide bonds. The fourth-order valence-corrected chi connectivity index (χ4v) is 1.92. The van der Waals surface area contributed by atoms with Gasteiger partial charge >= 0.3 is 0 Å². The Morgan fingerprint density at radius 1 is 1.11 bits per heavy atom. The Morgan fingerprint density at radius 3 is 2.21 bits per heavy atom. The number of nitrogens with one attached hydrogen (secondary N) is 2. The first-order valence-corrected chi connectivity index (χ1v) is 6.07. The highest BCUT2D eigenvalue weighted by molar-refractivity contribution is 5.95. The zero-order valence-electron chi connectivity index (χ0n) is 11.8. The van der Waals surface area contributed by atoms with E-state index < -0.39 is 0 Å². The topological polar surface area (TPSA) is 67.4 Å². The van der Waals surface area contributed by atoms with Crippen LogP contribution in [0.1, 0.15) is 16.7 Å². The van der Waals surface area contributed by atoms with E-state index in [0.717, 1.165) is 22.4 Å². The maximum Gasteiger partial charge on any atom is 0.246 e. The molecule has 0 saturated carbocycles. The SMILES string of the molecule is COCC(=O)NCC(=O)Nc1c(C)cc(C)cc1C. The van der Waals surface area contributed by atoms with Gasteiger partial charge in [0.1, 0.15) is 6.61 Å². The smallest absolute Gasteiger partial charge is 0.246 e. The molecule has 5 nitrogen and oxygen atoms in total. The summed E-state index contributed by atoms with van der Waals surface area (Å²) in [6, 6.07) is 4.01. The van der Waals surface area contributed by atoms with Gasteiger partial charge in [-0.05, 0) is 31.9 Å². The molecule has 0 aliphatic heterocycles. The van der Waals surface area contributed by atoms with E-state index in [1.807, 2.05) is 32.9 Å². The predicted octanol–water partition coefficient (Wildman–Crippen LogP) is 1.31. The quantitative estimate of drug-likeness (QED) is 0.842. The third-order valence-corrected chi connectivity index (χ3v) is 2.66.